The summed E-state index contributed by atoms with van der Waals surface area (Å²) >= 11 is 0. The molecule has 1 aliphatic carbocycles. The highest BCUT2D eigenvalue weighted by Crippen LogP contribution is 2.28. The van der Waals surface area contributed by atoms with E-state index in [0.29, 0.717) is 43.6 Å². The zero-order chi connectivity index (χ0) is 23.9. The van der Waals surface area contributed by atoms with Crippen LogP contribution in [0.15, 0.2) is 24.4 Å². The van der Waals surface area contributed by atoms with Crippen molar-refractivity contribution >= 4 is 23.8 Å². The first kappa shape index (κ1) is 23.8. The van der Waals surface area contributed by atoms with Crippen LogP contribution in [0.25, 0.3) is 11.4 Å². The fourth-order valence-corrected chi connectivity index (χ4v) is 4.17. The van der Waals surface area contributed by atoms with Crippen molar-refractivity contribution in [3.63, 3.8) is 0 Å². The van der Waals surface area contributed by atoms with E-state index in [2.05, 4.69) is 27.2 Å². The van der Waals surface area contributed by atoms with Crippen molar-refractivity contribution in [2.75, 3.05) is 30.0 Å². The fourth-order valence-electron chi connectivity index (χ4n) is 4.17. The van der Waals surface area contributed by atoms with Crippen LogP contribution in [0.1, 0.15) is 51.9 Å². The average molecular weight is 472 g/mol. The van der Waals surface area contributed by atoms with Gasteiger partial charge in [-0.1, -0.05) is 19.4 Å². The molecule has 0 bridgehead atoms. The number of anilines is 2. The molecule has 10 heteroatoms. The van der Waals surface area contributed by atoms with E-state index in [1.807, 2.05) is 0 Å². The van der Waals surface area contributed by atoms with Crippen molar-refractivity contribution in [1.82, 2.24) is 15.0 Å². The second-order valence-electron chi connectivity index (χ2n) is 8.60. The van der Waals surface area contributed by atoms with Crippen LogP contribution < -0.4 is 10.2 Å². The minimum absolute atomic E-state index is 0.0536. The van der Waals surface area contributed by atoms with E-state index in [1.165, 1.54) is 4.90 Å². The largest absolute Gasteiger partial charge is 0.465 e. The van der Waals surface area contributed by atoms with Crippen LogP contribution in [0.5, 0.6) is 0 Å². The van der Waals surface area contributed by atoms with Crippen molar-refractivity contribution in [3.05, 3.63) is 30.2 Å². The van der Waals surface area contributed by atoms with Gasteiger partial charge >= 0.3 is 12.1 Å². The second-order valence-corrected chi connectivity index (χ2v) is 8.60. The Kier molecular flexibility index (Phi) is 7.87. The van der Waals surface area contributed by atoms with Gasteiger partial charge in [0.05, 0.1) is 31.0 Å². The number of esters is 1. The van der Waals surface area contributed by atoms with Crippen LogP contribution >= 0.6 is 0 Å². The Labute approximate surface area is 198 Å². The van der Waals surface area contributed by atoms with Gasteiger partial charge in [-0.3, -0.25) is 9.69 Å². The summed E-state index contributed by atoms with van der Waals surface area (Å²) in [5.74, 6) is -0.104. The van der Waals surface area contributed by atoms with E-state index in [-0.39, 0.29) is 23.6 Å². The molecular weight excluding hydrogens is 441 g/mol. The smallest absolute Gasteiger partial charge is 0.415 e. The number of nitrogens with one attached hydrogen (secondary N) is 1. The Balaban J connectivity index is 1.40. The van der Waals surface area contributed by atoms with Gasteiger partial charge in [0.25, 0.3) is 0 Å². The van der Waals surface area contributed by atoms with Crippen LogP contribution in [0, 0.1) is 11.7 Å². The summed E-state index contributed by atoms with van der Waals surface area (Å²) < 4.78 is 25.0. The highest BCUT2D eigenvalue weighted by molar-refractivity contribution is 5.87. The van der Waals surface area contributed by atoms with Gasteiger partial charge < -0.3 is 14.8 Å². The average Bonchev–Trinajstić information content (AvgIpc) is 2.86. The lowest BCUT2D eigenvalue weighted by molar-refractivity contribution is -0.149. The first-order valence-corrected chi connectivity index (χ1v) is 11.9. The quantitative estimate of drug-likeness (QED) is 0.448. The Morgan fingerprint density at radius 2 is 2.09 bits per heavy atom. The number of nitrogens with zero attached hydrogens (tertiary/aromatic N) is 4. The predicted octanol–water partition coefficient (Wildman–Crippen LogP) is 4.34. The zero-order valence-corrected chi connectivity index (χ0v) is 19.3. The molecule has 0 atom stereocenters. The fraction of sp³-hybridized carbons (Fsp3) is 0.542. The molecule has 0 aromatic carbocycles. The molecule has 1 N–H and O–H groups in total. The lowest BCUT2D eigenvalue weighted by atomic mass is 9.86. The van der Waals surface area contributed by atoms with Crippen LogP contribution in [-0.2, 0) is 14.3 Å². The van der Waals surface area contributed by atoms with E-state index >= 15 is 0 Å². The van der Waals surface area contributed by atoms with E-state index in [9.17, 15) is 14.0 Å². The van der Waals surface area contributed by atoms with E-state index in [0.717, 1.165) is 44.7 Å². The van der Waals surface area contributed by atoms with Crippen LogP contribution in [-0.4, -0.2) is 52.8 Å². The molecule has 182 valence electrons. The maximum Gasteiger partial charge on any atom is 0.415 e. The summed E-state index contributed by atoms with van der Waals surface area (Å²) in [4.78, 5) is 38.5. The molecule has 2 aliphatic rings. The molecule has 1 aliphatic heterocycles. The van der Waals surface area contributed by atoms with Gasteiger partial charge in [-0.25, -0.2) is 24.1 Å². The van der Waals surface area contributed by atoms with E-state index < -0.39 is 11.9 Å². The number of hydrogen-bond donors (Lipinski definition) is 1. The van der Waals surface area contributed by atoms with E-state index in [1.54, 1.807) is 18.2 Å². The Hall–Kier alpha value is -3.30. The van der Waals surface area contributed by atoms with E-state index in [4.69, 9.17) is 9.47 Å². The third kappa shape index (κ3) is 5.78. The van der Waals surface area contributed by atoms with Crippen molar-refractivity contribution in [2.24, 2.45) is 5.92 Å². The number of halogens is 1. The zero-order valence-electron chi connectivity index (χ0n) is 19.3. The molecule has 2 aromatic rings. The predicted molar refractivity (Wildman–Crippen MR) is 124 cm³/mol. The summed E-state index contributed by atoms with van der Waals surface area (Å²) in [6, 6.07) is 5.11. The lowest BCUT2D eigenvalue weighted by Crippen LogP contribution is -2.38. The molecule has 2 aromatic heterocycles. The minimum Gasteiger partial charge on any atom is -0.465 e. The SMILES string of the molecule is CCCCOC(=O)[C@H]1CC[C@H](Nc2ncc(F)c(-c3cccc(N4CCCOC4=O)n3)n2)CC1. The van der Waals surface area contributed by atoms with Gasteiger partial charge in [-0.05, 0) is 50.7 Å². The number of carbonyl (C=O) groups excluding carboxylic acids is 2. The third-order valence-electron chi connectivity index (χ3n) is 6.11. The summed E-state index contributed by atoms with van der Waals surface area (Å²) in [6.07, 6.45) is 6.23. The molecule has 0 radical (unpaired) electrons. The number of cyclic esters (lactones) is 1. The standard InChI is InChI=1S/C24H30FN5O4/c1-2-3-13-33-22(31)16-8-10-17(11-9-16)27-23-26-15-18(25)21(29-23)19-6-4-7-20(28-19)30-12-5-14-34-24(30)32/h4,6-7,15-17H,2-3,5,8-14H2,1H3,(H,26,27,29)/t16-,17-. The van der Waals surface area contributed by atoms with Gasteiger partial charge in [0.15, 0.2) is 5.82 Å². The van der Waals surface area contributed by atoms with Crippen LogP contribution in [0.3, 0.4) is 0 Å². The van der Waals surface area contributed by atoms with Crippen molar-refractivity contribution in [2.45, 2.75) is 57.9 Å². The Morgan fingerprint density at radius 1 is 1.26 bits per heavy atom. The van der Waals surface area contributed by atoms with Crippen molar-refractivity contribution in [3.8, 4) is 11.4 Å². The molecule has 0 spiro atoms. The van der Waals surface area contributed by atoms with Crippen molar-refractivity contribution in [1.29, 1.82) is 0 Å². The molecule has 1 saturated carbocycles. The van der Waals surface area contributed by atoms with Gasteiger partial charge in [0.2, 0.25) is 5.95 Å². The first-order chi connectivity index (χ1) is 16.5. The third-order valence-corrected chi connectivity index (χ3v) is 6.11. The summed E-state index contributed by atoms with van der Waals surface area (Å²) in [6.45, 7) is 3.41. The summed E-state index contributed by atoms with van der Waals surface area (Å²) in [5.41, 5.74) is 0.357. The molecule has 0 unspecified atom stereocenters. The van der Waals surface area contributed by atoms with Crippen LogP contribution in [0.2, 0.25) is 0 Å². The minimum atomic E-state index is -0.602. The topological polar surface area (TPSA) is 107 Å². The van der Waals surface area contributed by atoms with Gasteiger partial charge in [0.1, 0.15) is 11.5 Å². The number of hydrogen-bond acceptors (Lipinski definition) is 8. The Bertz CT molecular complexity index is 1010. The number of pyridine rings is 1. The molecule has 3 heterocycles. The highest BCUT2D eigenvalue weighted by Gasteiger charge is 2.28. The number of carbonyl (C=O) groups is 2. The maximum atomic E-state index is 14.6. The second kappa shape index (κ2) is 11.2. The number of rotatable bonds is 8. The number of aromatic nitrogens is 3. The molecule has 1 amide bonds. The van der Waals surface area contributed by atoms with Crippen LogP contribution in [0.4, 0.5) is 21.0 Å². The Morgan fingerprint density at radius 3 is 2.85 bits per heavy atom. The molecule has 9 nitrogen and oxygen atoms in total. The lowest BCUT2D eigenvalue weighted by Gasteiger charge is -2.28. The van der Waals surface area contributed by atoms with Crippen molar-refractivity contribution < 1.29 is 23.5 Å². The van der Waals surface area contributed by atoms with Gasteiger partial charge in [-0.2, -0.15) is 0 Å². The highest BCUT2D eigenvalue weighted by atomic mass is 19.1. The molecular formula is C24H30FN5O4. The van der Waals surface area contributed by atoms with Gasteiger partial charge in [0, 0.05) is 12.6 Å². The summed E-state index contributed by atoms with van der Waals surface area (Å²) in [7, 11) is 0. The monoisotopic (exact) mass is 471 g/mol. The van der Waals surface area contributed by atoms with Gasteiger partial charge in [-0.15, -0.1) is 0 Å². The first-order valence-electron chi connectivity index (χ1n) is 11.9. The summed E-state index contributed by atoms with van der Waals surface area (Å²) in [5, 5.41) is 3.26. The number of amides is 1. The molecule has 34 heavy (non-hydrogen) atoms. The maximum absolute atomic E-state index is 14.6. The molecule has 4 rings (SSSR count). The molecule has 1 saturated heterocycles. The normalized spacial score (nSPS) is 20.5. The number of unbranched alkanes of at least 4 members (excludes halogenated alkanes) is 1. The molecule has 2 fully saturated rings. The number of ether oxygens (including phenoxy) is 2.